The molecule has 0 aliphatic rings. The summed E-state index contributed by atoms with van der Waals surface area (Å²) >= 11 is 0. The van der Waals surface area contributed by atoms with Gasteiger partial charge in [-0.25, -0.2) is 0 Å². The van der Waals surface area contributed by atoms with Gasteiger partial charge < -0.3 is 27.6 Å². The van der Waals surface area contributed by atoms with Crippen molar-refractivity contribution < 1.29 is 22.3 Å². The van der Waals surface area contributed by atoms with Crippen LogP contribution in [0.1, 0.15) is 25.3 Å². The summed E-state index contributed by atoms with van der Waals surface area (Å²) in [5.74, 6) is 0.811. The molecule has 0 saturated heterocycles. The molecule has 0 fully saturated rings. The van der Waals surface area contributed by atoms with Crippen molar-refractivity contribution in [3.63, 3.8) is 0 Å². The zero-order valence-corrected chi connectivity index (χ0v) is 11.0. The third-order valence-electron chi connectivity index (χ3n) is 2.32. The molecule has 0 unspecified atom stereocenters. The van der Waals surface area contributed by atoms with Crippen LogP contribution in [0.3, 0.4) is 0 Å². The molecule has 0 radical (unpaired) electrons. The van der Waals surface area contributed by atoms with E-state index in [2.05, 4.69) is 12.2 Å². The number of aliphatic hydroxyl groups is 1. The van der Waals surface area contributed by atoms with Gasteiger partial charge in [0.2, 0.25) is 0 Å². The zero-order valence-electron chi connectivity index (χ0n) is 10.3. The van der Waals surface area contributed by atoms with E-state index in [0.717, 1.165) is 18.8 Å². The zero-order chi connectivity index (χ0) is 11.6. The van der Waals surface area contributed by atoms with E-state index in [-0.39, 0.29) is 19.0 Å². The molecule has 0 saturated carbocycles. The maximum absolute atomic E-state index is 8.61. The second-order valence-corrected chi connectivity index (χ2v) is 3.75. The Kier molecular flexibility index (Phi) is 9.92. The first-order chi connectivity index (χ1) is 7.86. The Morgan fingerprint density at radius 2 is 1.94 bits per heavy atom. The summed E-state index contributed by atoms with van der Waals surface area (Å²) in [7, 11) is 0. The van der Waals surface area contributed by atoms with Crippen LogP contribution in [0.25, 0.3) is 0 Å². The van der Waals surface area contributed by atoms with Crippen molar-refractivity contribution >= 4 is 0 Å². The fraction of sp³-hybridized carbons (Fsp3) is 0.538. The molecule has 0 heterocycles. The fourth-order valence-electron chi connectivity index (χ4n) is 1.40. The molecule has 17 heavy (non-hydrogen) atoms. The van der Waals surface area contributed by atoms with Crippen LogP contribution in [0, 0.1) is 0 Å². The summed E-state index contributed by atoms with van der Waals surface area (Å²) in [5, 5.41) is 12.0. The average molecular weight is 259 g/mol. The number of hydrogen-bond donors (Lipinski definition) is 2. The topological polar surface area (TPSA) is 41.5 Å². The predicted molar refractivity (Wildman–Crippen MR) is 65.6 cm³/mol. The summed E-state index contributed by atoms with van der Waals surface area (Å²) in [4.78, 5) is 0. The van der Waals surface area contributed by atoms with Crippen LogP contribution in [0.15, 0.2) is 24.3 Å². The number of unbranched alkanes of at least 4 members (excludes halogenated alkanes) is 1. The van der Waals surface area contributed by atoms with Gasteiger partial charge in [-0.3, -0.25) is 0 Å². The standard InChI is InChI=1S/C13H21NO2.ClH/c1-2-3-8-14-11-12-4-6-13(7-5-12)16-10-9-15;/h4-7,14-15H,2-3,8-11H2,1H3;1H/p-1. The van der Waals surface area contributed by atoms with Crippen LogP contribution in [-0.4, -0.2) is 24.9 Å². The lowest BCUT2D eigenvalue weighted by Gasteiger charge is -2.06. The number of halogens is 1. The van der Waals surface area contributed by atoms with Gasteiger partial charge in [-0.1, -0.05) is 25.5 Å². The third kappa shape index (κ3) is 7.21. The molecule has 0 atom stereocenters. The van der Waals surface area contributed by atoms with E-state index < -0.39 is 0 Å². The molecule has 0 aliphatic carbocycles. The van der Waals surface area contributed by atoms with Crippen molar-refractivity contribution in [2.24, 2.45) is 0 Å². The molecule has 3 nitrogen and oxygen atoms in total. The molecule has 98 valence electrons. The van der Waals surface area contributed by atoms with Gasteiger partial charge in [-0.15, -0.1) is 0 Å². The second kappa shape index (κ2) is 10.4. The van der Waals surface area contributed by atoms with Crippen LogP contribution < -0.4 is 22.5 Å². The maximum Gasteiger partial charge on any atom is 0.119 e. The van der Waals surface area contributed by atoms with E-state index in [1.807, 2.05) is 24.3 Å². The summed E-state index contributed by atoms with van der Waals surface area (Å²) in [5.41, 5.74) is 1.26. The summed E-state index contributed by atoms with van der Waals surface area (Å²) < 4.78 is 5.28. The highest BCUT2D eigenvalue weighted by Gasteiger charge is 1.95. The molecule has 1 aromatic rings. The normalized spacial score (nSPS) is 9.76. The van der Waals surface area contributed by atoms with Gasteiger partial charge in [0.1, 0.15) is 12.4 Å². The quantitative estimate of drug-likeness (QED) is 0.585. The lowest BCUT2D eigenvalue weighted by atomic mass is 10.2. The van der Waals surface area contributed by atoms with Crippen molar-refractivity contribution in [3.8, 4) is 5.75 Å². The minimum Gasteiger partial charge on any atom is -1.00 e. The van der Waals surface area contributed by atoms with E-state index >= 15 is 0 Å². The Labute approximate surface area is 110 Å². The van der Waals surface area contributed by atoms with Crippen LogP contribution in [-0.2, 0) is 6.54 Å². The van der Waals surface area contributed by atoms with E-state index in [1.54, 1.807) is 0 Å². The van der Waals surface area contributed by atoms with Gasteiger partial charge in [0.05, 0.1) is 6.61 Å². The summed E-state index contributed by atoms with van der Waals surface area (Å²) in [6.45, 7) is 4.57. The van der Waals surface area contributed by atoms with Gasteiger partial charge in [0, 0.05) is 6.54 Å². The largest absolute Gasteiger partial charge is 1.00 e. The van der Waals surface area contributed by atoms with Crippen LogP contribution in [0.5, 0.6) is 5.75 Å². The predicted octanol–water partition coefficient (Wildman–Crippen LogP) is -1.05. The van der Waals surface area contributed by atoms with Gasteiger partial charge in [0.25, 0.3) is 0 Å². The molecule has 0 amide bonds. The lowest BCUT2D eigenvalue weighted by Crippen LogP contribution is -3.00. The van der Waals surface area contributed by atoms with E-state index in [1.165, 1.54) is 18.4 Å². The number of rotatable bonds is 8. The van der Waals surface area contributed by atoms with E-state index in [9.17, 15) is 0 Å². The highest BCUT2D eigenvalue weighted by atomic mass is 35.5. The van der Waals surface area contributed by atoms with Crippen molar-refractivity contribution in [3.05, 3.63) is 29.8 Å². The Morgan fingerprint density at radius 1 is 1.24 bits per heavy atom. The molecule has 2 N–H and O–H groups in total. The van der Waals surface area contributed by atoms with Crippen molar-refractivity contribution in [2.45, 2.75) is 26.3 Å². The third-order valence-corrected chi connectivity index (χ3v) is 2.32. The highest BCUT2D eigenvalue weighted by Crippen LogP contribution is 2.11. The number of aliphatic hydroxyl groups excluding tert-OH is 1. The molecule has 4 heteroatoms. The first-order valence-corrected chi connectivity index (χ1v) is 5.90. The van der Waals surface area contributed by atoms with Gasteiger partial charge in [0.15, 0.2) is 0 Å². The molecule has 0 bridgehead atoms. The first-order valence-electron chi connectivity index (χ1n) is 5.90. The summed E-state index contributed by atoms with van der Waals surface area (Å²) in [6.07, 6.45) is 2.44. The maximum atomic E-state index is 8.61. The van der Waals surface area contributed by atoms with E-state index in [0.29, 0.717) is 6.61 Å². The monoisotopic (exact) mass is 258 g/mol. The Morgan fingerprint density at radius 3 is 2.53 bits per heavy atom. The van der Waals surface area contributed by atoms with Gasteiger partial charge >= 0.3 is 0 Å². The lowest BCUT2D eigenvalue weighted by molar-refractivity contribution is -0.00000462. The number of hydrogen-bond acceptors (Lipinski definition) is 3. The molecule has 0 aromatic heterocycles. The molecule has 0 aliphatic heterocycles. The van der Waals surface area contributed by atoms with Gasteiger partial charge in [-0.2, -0.15) is 0 Å². The molecule has 1 rings (SSSR count). The Hall–Kier alpha value is -0.770. The van der Waals surface area contributed by atoms with Gasteiger partial charge in [-0.05, 0) is 30.7 Å². The highest BCUT2D eigenvalue weighted by molar-refractivity contribution is 5.27. The fourth-order valence-corrected chi connectivity index (χ4v) is 1.40. The molecule has 0 spiro atoms. The van der Waals surface area contributed by atoms with Crippen molar-refractivity contribution in [2.75, 3.05) is 19.8 Å². The smallest absolute Gasteiger partial charge is 0.119 e. The Balaban J connectivity index is 0.00000256. The molecular formula is C13H21ClNO2-. The van der Waals surface area contributed by atoms with Crippen LogP contribution in [0.2, 0.25) is 0 Å². The minimum absolute atomic E-state index is 0. The number of benzene rings is 1. The number of nitrogens with one attached hydrogen (secondary N) is 1. The first kappa shape index (κ1) is 16.2. The van der Waals surface area contributed by atoms with Crippen molar-refractivity contribution in [1.29, 1.82) is 0 Å². The van der Waals surface area contributed by atoms with Crippen LogP contribution >= 0.6 is 0 Å². The molecular weight excluding hydrogens is 238 g/mol. The number of ether oxygens (including phenoxy) is 1. The SMILES string of the molecule is CCCCNCc1ccc(OCCO)cc1.[Cl-]. The summed E-state index contributed by atoms with van der Waals surface area (Å²) in [6, 6.07) is 7.97. The van der Waals surface area contributed by atoms with Crippen LogP contribution in [0.4, 0.5) is 0 Å². The second-order valence-electron chi connectivity index (χ2n) is 3.75. The Bertz CT molecular complexity index is 277. The molecule has 1 aromatic carbocycles. The average Bonchev–Trinajstić information content (AvgIpc) is 2.33. The minimum atomic E-state index is 0. The van der Waals surface area contributed by atoms with E-state index in [4.69, 9.17) is 9.84 Å². The van der Waals surface area contributed by atoms with Crippen molar-refractivity contribution in [1.82, 2.24) is 5.32 Å².